The maximum atomic E-state index is 8.67. The number of nitriles is 4. The zero-order chi connectivity index (χ0) is 47.3. The van der Waals surface area contributed by atoms with Crippen LogP contribution in [-0.4, -0.2) is 15.0 Å². The maximum Gasteiger partial charge on any atom is 0.164 e. The zero-order valence-corrected chi connectivity index (χ0v) is 39.6. The molecule has 65 heavy (non-hydrogen) atoms. The summed E-state index contributed by atoms with van der Waals surface area (Å²) in [6.07, 6.45) is 0. The van der Waals surface area contributed by atoms with Crippen LogP contribution >= 0.6 is 15.9 Å². The van der Waals surface area contributed by atoms with Crippen molar-refractivity contribution in [3.63, 3.8) is 0 Å². The van der Waals surface area contributed by atoms with Gasteiger partial charge in [-0.3, -0.25) is 0 Å². The molecule has 0 amide bonds. The minimum absolute atomic E-state index is 0.543. The zero-order valence-electron chi connectivity index (χ0n) is 38.0. The standard InChI is InChI=1S/C22H17N3.C10H8N2.C9H6N2.C9H12.C7H7Br/c1-16-12-14-19(15-13-16)22-24-20(17-8-4-2-5-9-17)23-21(25-22)18-10-6-3-7-11-18;1-7-3-8(2)10(6-12)4-9(7)5-11;1-7-2-8(5-10)4-9(3-7)6-11;1-7-4-8(2)6-9(3)5-7;1-6-2-4-7(8)5-3-6/h2-15H,1H3;3-4H,1-2H3;2-4H,1H3;4-6H,1-3H3;2-5H,1H3. The van der Waals surface area contributed by atoms with Crippen LogP contribution in [0.1, 0.15) is 66.8 Å². The molecule has 0 bridgehead atoms. The van der Waals surface area contributed by atoms with Crippen molar-refractivity contribution in [2.24, 2.45) is 0 Å². The van der Waals surface area contributed by atoms with E-state index in [0.29, 0.717) is 39.7 Å². The fourth-order valence-corrected chi connectivity index (χ4v) is 6.65. The third-order valence-corrected chi connectivity index (χ3v) is 10.1. The minimum Gasteiger partial charge on any atom is -0.208 e. The van der Waals surface area contributed by atoms with Crippen LogP contribution in [0.2, 0.25) is 0 Å². The summed E-state index contributed by atoms with van der Waals surface area (Å²) in [4.78, 5) is 14.1. The van der Waals surface area contributed by atoms with Gasteiger partial charge in [-0.15, -0.1) is 0 Å². The number of aromatic nitrogens is 3. The summed E-state index contributed by atoms with van der Waals surface area (Å²) in [5, 5.41) is 34.4. The first kappa shape index (κ1) is 49.6. The molecule has 8 aromatic rings. The highest BCUT2D eigenvalue weighted by Crippen LogP contribution is 2.25. The molecule has 1 aromatic heterocycles. The van der Waals surface area contributed by atoms with Crippen LogP contribution in [0.5, 0.6) is 0 Å². The van der Waals surface area contributed by atoms with Gasteiger partial charge in [0, 0.05) is 21.2 Å². The monoisotopic (exact) mass is 911 g/mol. The highest BCUT2D eigenvalue weighted by atomic mass is 79.9. The van der Waals surface area contributed by atoms with Gasteiger partial charge in [-0.25, -0.2) is 15.0 Å². The molecule has 7 nitrogen and oxygen atoms in total. The van der Waals surface area contributed by atoms with E-state index in [-0.39, 0.29) is 0 Å². The lowest BCUT2D eigenvalue weighted by atomic mass is 10.0. The van der Waals surface area contributed by atoms with E-state index in [1.54, 1.807) is 24.3 Å². The molecule has 0 unspecified atom stereocenters. The number of nitrogens with zero attached hydrogens (tertiary/aromatic N) is 7. The Morgan fingerprint density at radius 2 is 0.677 bits per heavy atom. The first-order valence-corrected chi connectivity index (χ1v) is 21.6. The second-order valence-corrected chi connectivity index (χ2v) is 16.3. The molecule has 0 saturated carbocycles. The number of hydrogen-bond acceptors (Lipinski definition) is 7. The lowest BCUT2D eigenvalue weighted by Crippen LogP contribution is -2.00. The van der Waals surface area contributed by atoms with Gasteiger partial charge in [0.15, 0.2) is 17.5 Å². The highest BCUT2D eigenvalue weighted by molar-refractivity contribution is 9.10. The van der Waals surface area contributed by atoms with Gasteiger partial charge in [0.1, 0.15) is 0 Å². The second-order valence-electron chi connectivity index (χ2n) is 15.4. The normalized spacial score (nSPS) is 9.55. The highest BCUT2D eigenvalue weighted by Gasteiger charge is 2.12. The van der Waals surface area contributed by atoms with E-state index >= 15 is 0 Å². The number of hydrogen-bond donors (Lipinski definition) is 0. The van der Waals surface area contributed by atoms with Crippen molar-refractivity contribution in [3.05, 3.63) is 229 Å². The molecular formula is C57H50BrN7. The molecule has 0 aliphatic heterocycles. The Balaban J connectivity index is 0.000000195. The van der Waals surface area contributed by atoms with Crippen molar-refractivity contribution >= 4 is 15.9 Å². The van der Waals surface area contributed by atoms with Crippen molar-refractivity contribution in [1.82, 2.24) is 15.0 Å². The minimum atomic E-state index is 0.543. The lowest BCUT2D eigenvalue weighted by Gasteiger charge is -2.08. The van der Waals surface area contributed by atoms with Crippen LogP contribution in [0, 0.1) is 101 Å². The van der Waals surface area contributed by atoms with Crippen molar-refractivity contribution < 1.29 is 0 Å². The van der Waals surface area contributed by atoms with E-state index in [4.69, 9.17) is 36.0 Å². The largest absolute Gasteiger partial charge is 0.208 e. The van der Waals surface area contributed by atoms with E-state index in [9.17, 15) is 0 Å². The molecule has 0 fully saturated rings. The van der Waals surface area contributed by atoms with Gasteiger partial charge >= 0.3 is 0 Å². The van der Waals surface area contributed by atoms with E-state index in [1.165, 1.54) is 27.8 Å². The summed E-state index contributed by atoms with van der Waals surface area (Å²) in [5.74, 6) is 2.06. The van der Waals surface area contributed by atoms with Crippen LogP contribution in [-0.2, 0) is 0 Å². The second kappa shape index (κ2) is 25.2. The van der Waals surface area contributed by atoms with E-state index < -0.39 is 0 Å². The fourth-order valence-electron chi connectivity index (χ4n) is 6.38. The van der Waals surface area contributed by atoms with Crippen LogP contribution < -0.4 is 0 Å². The quantitative estimate of drug-likeness (QED) is 0.172. The maximum absolute atomic E-state index is 8.67. The molecule has 1 heterocycles. The summed E-state index contributed by atoms with van der Waals surface area (Å²) >= 11 is 3.35. The average molecular weight is 913 g/mol. The predicted octanol–water partition coefficient (Wildman–Crippen LogP) is 14.3. The van der Waals surface area contributed by atoms with Gasteiger partial charge in [-0.2, -0.15) is 21.0 Å². The fraction of sp³-hybridized carbons (Fsp3) is 0.140. The Morgan fingerprint density at radius 3 is 1.02 bits per heavy atom. The average Bonchev–Trinajstić information content (AvgIpc) is 3.31. The number of benzene rings is 7. The van der Waals surface area contributed by atoms with Crippen LogP contribution in [0.25, 0.3) is 34.2 Å². The molecule has 0 spiro atoms. The van der Waals surface area contributed by atoms with Gasteiger partial charge in [-0.05, 0) is 108 Å². The van der Waals surface area contributed by atoms with Crippen LogP contribution in [0.15, 0.2) is 162 Å². The third-order valence-electron chi connectivity index (χ3n) is 9.53. The Labute approximate surface area is 392 Å². The molecule has 8 heteroatoms. The molecule has 0 atom stereocenters. The van der Waals surface area contributed by atoms with Gasteiger partial charge < -0.3 is 0 Å². The van der Waals surface area contributed by atoms with Crippen LogP contribution in [0.4, 0.5) is 0 Å². The van der Waals surface area contributed by atoms with Crippen molar-refractivity contribution in [2.45, 2.75) is 55.4 Å². The molecule has 7 aromatic carbocycles. The predicted molar refractivity (Wildman–Crippen MR) is 266 cm³/mol. The summed E-state index contributed by atoms with van der Waals surface area (Å²) in [6, 6.07) is 59.7. The van der Waals surface area contributed by atoms with E-state index in [0.717, 1.165) is 37.9 Å². The lowest BCUT2D eigenvalue weighted by molar-refractivity contribution is 1.07. The molecular weight excluding hydrogens is 863 g/mol. The van der Waals surface area contributed by atoms with E-state index in [2.05, 4.69) is 93.0 Å². The molecule has 0 aliphatic carbocycles. The topological polar surface area (TPSA) is 134 Å². The van der Waals surface area contributed by atoms with E-state index in [1.807, 2.05) is 136 Å². The van der Waals surface area contributed by atoms with Crippen molar-refractivity contribution in [3.8, 4) is 58.4 Å². The Hall–Kier alpha value is -8.01. The summed E-state index contributed by atoms with van der Waals surface area (Å²) in [6.45, 7) is 16.1. The molecule has 320 valence electrons. The van der Waals surface area contributed by atoms with Gasteiger partial charge in [0.2, 0.25) is 0 Å². The smallest absolute Gasteiger partial charge is 0.164 e. The van der Waals surface area contributed by atoms with Crippen LogP contribution in [0.3, 0.4) is 0 Å². The van der Waals surface area contributed by atoms with Gasteiger partial charge in [0.25, 0.3) is 0 Å². The number of aryl methyl sites for hydroxylation is 8. The number of rotatable bonds is 3. The van der Waals surface area contributed by atoms with Crippen molar-refractivity contribution in [2.75, 3.05) is 0 Å². The number of halogens is 1. The summed E-state index contributed by atoms with van der Waals surface area (Å²) in [7, 11) is 0. The Kier molecular flexibility index (Phi) is 19.2. The first-order chi connectivity index (χ1) is 31.2. The molecule has 0 N–H and O–H groups in total. The summed E-state index contributed by atoms with van der Waals surface area (Å²) < 4.78 is 1.14. The third kappa shape index (κ3) is 16.3. The van der Waals surface area contributed by atoms with Gasteiger partial charge in [-0.1, -0.05) is 165 Å². The molecule has 0 saturated heterocycles. The molecule has 0 radical (unpaired) electrons. The Bertz CT molecular complexity index is 2790. The van der Waals surface area contributed by atoms with Crippen molar-refractivity contribution in [1.29, 1.82) is 21.0 Å². The molecule has 8 rings (SSSR count). The SMILES string of the molecule is Cc1cc(C#N)cc(C#N)c1.Cc1cc(C)c(C#N)cc1C#N.Cc1cc(C)cc(C)c1.Cc1ccc(-c2nc(-c3ccccc3)nc(-c3ccccc3)n2)cc1.Cc1ccc(Br)cc1. The Morgan fingerprint density at radius 1 is 0.338 bits per heavy atom. The van der Waals surface area contributed by atoms with Gasteiger partial charge in [0.05, 0.1) is 46.5 Å². The first-order valence-electron chi connectivity index (χ1n) is 20.8. The summed E-state index contributed by atoms with van der Waals surface area (Å²) in [5.41, 5.74) is 14.6. The molecule has 0 aliphatic rings.